The van der Waals surface area contributed by atoms with Crippen molar-refractivity contribution in [3.63, 3.8) is 0 Å². The first kappa shape index (κ1) is 19.2. The first-order valence-corrected chi connectivity index (χ1v) is 9.98. The van der Waals surface area contributed by atoms with Crippen LogP contribution in [0.5, 0.6) is 5.75 Å². The Labute approximate surface area is 170 Å². The second-order valence-electron chi connectivity index (χ2n) is 7.68. The molecule has 2 aliphatic heterocycles. The van der Waals surface area contributed by atoms with Crippen LogP contribution < -0.4 is 4.74 Å². The van der Waals surface area contributed by atoms with Crippen molar-refractivity contribution in [1.29, 1.82) is 0 Å². The van der Waals surface area contributed by atoms with Gasteiger partial charge in [-0.3, -0.25) is 19.5 Å². The third-order valence-corrected chi connectivity index (χ3v) is 5.56. The van der Waals surface area contributed by atoms with E-state index >= 15 is 0 Å². The maximum absolute atomic E-state index is 13.5. The molecular formula is C23H25N3O3. The molecule has 1 aromatic carbocycles. The van der Waals surface area contributed by atoms with E-state index in [1.54, 1.807) is 19.5 Å². The molecule has 2 aliphatic rings. The van der Waals surface area contributed by atoms with E-state index in [1.807, 2.05) is 36.4 Å². The van der Waals surface area contributed by atoms with Crippen molar-refractivity contribution in [3.8, 4) is 5.75 Å². The number of likely N-dealkylation sites (tertiary alicyclic amines) is 1. The minimum Gasteiger partial charge on any atom is -0.496 e. The zero-order valence-corrected chi connectivity index (χ0v) is 16.8. The van der Waals surface area contributed by atoms with Crippen LogP contribution in [0.1, 0.15) is 30.9 Å². The molecule has 29 heavy (non-hydrogen) atoms. The normalized spacial score (nSPS) is 19.9. The lowest BCUT2D eigenvalue weighted by Crippen LogP contribution is -2.39. The zero-order chi connectivity index (χ0) is 20.4. The monoisotopic (exact) mass is 391 g/mol. The van der Waals surface area contributed by atoms with E-state index in [9.17, 15) is 9.59 Å². The summed E-state index contributed by atoms with van der Waals surface area (Å²) >= 11 is 0. The third kappa shape index (κ3) is 3.62. The molecule has 150 valence electrons. The van der Waals surface area contributed by atoms with Crippen molar-refractivity contribution in [2.24, 2.45) is 5.92 Å². The molecule has 3 heterocycles. The highest BCUT2D eigenvalue weighted by Crippen LogP contribution is 2.38. The number of rotatable bonds is 5. The SMILES string of the molecule is COc1ccccc1C1=C(N2CCCC(C)C2)C(=O)N(Cc2cccnc2)C1=O. The first-order chi connectivity index (χ1) is 14.1. The molecule has 2 amide bonds. The molecule has 1 aromatic heterocycles. The average molecular weight is 391 g/mol. The van der Waals surface area contributed by atoms with E-state index in [1.165, 1.54) is 4.90 Å². The second-order valence-corrected chi connectivity index (χ2v) is 7.68. The van der Waals surface area contributed by atoms with Crippen LogP contribution in [0.25, 0.3) is 5.57 Å². The van der Waals surface area contributed by atoms with Gasteiger partial charge in [-0.1, -0.05) is 31.2 Å². The molecule has 1 unspecified atom stereocenters. The minimum atomic E-state index is -0.281. The molecule has 4 rings (SSSR count). The lowest BCUT2D eigenvalue weighted by molar-refractivity contribution is -0.138. The fourth-order valence-corrected chi connectivity index (χ4v) is 4.16. The highest BCUT2D eigenvalue weighted by Gasteiger charge is 2.43. The van der Waals surface area contributed by atoms with Crippen molar-refractivity contribution >= 4 is 17.4 Å². The molecular weight excluding hydrogens is 366 g/mol. The number of aromatic nitrogens is 1. The van der Waals surface area contributed by atoms with E-state index in [-0.39, 0.29) is 18.4 Å². The molecule has 6 nitrogen and oxygen atoms in total. The summed E-state index contributed by atoms with van der Waals surface area (Å²) < 4.78 is 5.51. The van der Waals surface area contributed by atoms with Gasteiger partial charge in [0.25, 0.3) is 11.8 Å². The van der Waals surface area contributed by atoms with Crippen LogP contribution in [0.4, 0.5) is 0 Å². The van der Waals surface area contributed by atoms with Crippen LogP contribution in [0, 0.1) is 5.92 Å². The highest BCUT2D eigenvalue weighted by atomic mass is 16.5. The summed E-state index contributed by atoms with van der Waals surface area (Å²) in [6.45, 7) is 3.94. The Morgan fingerprint density at radius 3 is 2.69 bits per heavy atom. The number of nitrogens with zero attached hydrogens (tertiary/aromatic N) is 3. The number of carbonyl (C=O) groups excluding carboxylic acids is 2. The molecule has 0 spiro atoms. The van der Waals surface area contributed by atoms with Gasteiger partial charge in [0.05, 0.1) is 19.2 Å². The topological polar surface area (TPSA) is 62.7 Å². The molecule has 0 N–H and O–H groups in total. The first-order valence-electron chi connectivity index (χ1n) is 9.98. The molecule has 1 saturated heterocycles. The lowest BCUT2D eigenvalue weighted by atomic mass is 9.97. The van der Waals surface area contributed by atoms with Crippen LogP contribution in [0.15, 0.2) is 54.5 Å². The smallest absolute Gasteiger partial charge is 0.278 e. The Bertz CT molecular complexity index is 955. The van der Waals surface area contributed by atoms with E-state index in [0.717, 1.165) is 31.5 Å². The van der Waals surface area contributed by atoms with Crippen LogP contribution in [0.2, 0.25) is 0 Å². The van der Waals surface area contributed by atoms with Crippen LogP contribution >= 0.6 is 0 Å². The van der Waals surface area contributed by atoms with E-state index < -0.39 is 0 Å². The van der Waals surface area contributed by atoms with Gasteiger partial charge in [-0.25, -0.2) is 0 Å². The Balaban J connectivity index is 1.79. The lowest BCUT2D eigenvalue weighted by Gasteiger charge is -2.33. The van der Waals surface area contributed by atoms with Crippen LogP contribution in [-0.2, 0) is 16.1 Å². The molecule has 0 bridgehead atoms. The van der Waals surface area contributed by atoms with Gasteiger partial charge in [0.1, 0.15) is 11.4 Å². The highest BCUT2D eigenvalue weighted by molar-refractivity contribution is 6.35. The van der Waals surface area contributed by atoms with Gasteiger partial charge in [0, 0.05) is 31.0 Å². The third-order valence-electron chi connectivity index (χ3n) is 5.56. The van der Waals surface area contributed by atoms with E-state index in [0.29, 0.717) is 28.5 Å². The standard InChI is InChI=1S/C23H25N3O3/c1-16-7-6-12-25(14-16)21-20(18-9-3-4-10-19(18)29-2)22(27)26(23(21)28)15-17-8-5-11-24-13-17/h3-5,8-11,13,16H,6-7,12,14-15H2,1-2H3. The van der Waals surface area contributed by atoms with Gasteiger partial charge in [0.15, 0.2) is 0 Å². The Kier molecular flexibility index (Phi) is 5.34. The van der Waals surface area contributed by atoms with Gasteiger partial charge in [-0.2, -0.15) is 0 Å². The number of piperidine rings is 1. The predicted octanol–water partition coefficient (Wildman–Crippen LogP) is 3.10. The Morgan fingerprint density at radius 1 is 1.14 bits per heavy atom. The molecule has 0 saturated carbocycles. The summed E-state index contributed by atoms with van der Waals surface area (Å²) in [6, 6.07) is 11.1. The number of carbonyl (C=O) groups is 2. The maximum atomic E-state index is 13.5. The molecule has 2 aromatic rings. The molecule has 1 fully saturated rings. The van der Waals surface area contributed by atoms with Crippen LogP contribution in [0.3, 0.4) is 0 Å². The van der Waals surface area contributed by atoms with Gasteiger partial charge >= 0.3 is 0 Å². The Hall–Kier alpha value is -3.15. The quantitative estimate of drug-likeness (QED) is 0.733. The largest absolute Gasteiger partial charge is 0.496 e. The number of hydrogen-bond acceptors (Lipinski definition) is 5. The fraction of sp³-hybridized carbons (Fsp3) is 0.348. The van der Waals surface area contributed by atoms with Gasteiger partial charge < -0.3 is 9.64 Å². The zero-order valence-electron chi connectivity index (χ0n) is 16.8. The van der Waals surface area contributed by atoms with E-state index in [4.69, 9.17) is 4.74 Å². The summed E-state index contributed by atoms with van der Waals surface area (Å²) in [7, 11) is 1.58. The van der Waals surface area contributed by atoms with Gasteiger partial charge in [0.2, 0.25) is 0 Å². The number of hydrogen-bond donors (Lipinski definition) is 0. The number of methoxy groups -OCH3 is 1. The van der Waals surface area contributed by atoms with Gasteiger partial charge in [-0.15, -0.1) is 0 Å². The number of benzene rings is 1. The van der Waals surface area contributed by atoms with Crippen molar-refractivity contribution < 1.29 is 14.3 Å². The molecule has 0 aliphatic carbocycles. The minimum absolute atomic E-state index is 0.205. The van der Waals surface area contributed by atoms with Crippen molar-refractivity contribution in [2.45, 2.75) is 26.3 Å². The van der Waals surface area contributed by atoms with E-state index in [2.05, 4.69) is 16.8 Å². The molecule has 1 atom stereocenters. The number of ether oxygens (including phenoxy) is 1. The number of amides is 2. The fourth-order valence-electron chi connectivity index (χ4n) is 4.16. The molecule has 0 radical (unpaired) electrons. The summed E-state index contributed by atoms with van der Waals surface area (Å²) in [5.74, 6) is 0.547. The summed E-state index contributed by atoms with van der Waals surface area (Å²) in [5.41, 5.74) is 2.41. The Morgan fingerprint density at radius 2 is 1.97 bits per heavy atom. The van der Waals surface area contributed by atoms with Crippen molar-refractivity contribution in [1.82, 2.24) is 14.8 Å². The number of pyridine rings is 1. The average Bonchev–Trinajstić information content (AvgIpc) is 2.99. The summed E-state index contributed by atoms with van der Waals surface area (Å²) in [5, 5.41) is 0. The summed E-state index contributed by atoms with van der Waals surface area (Å²) in [4.78, 5) is 34.4. The van der Waals surface area contributed by atoms with Crippen LogP contribution in [-0.4, -0.2) is 46.8 Å². The second kappa shape index (κ2) is 8.07. The van der Waals surface area contributed by atoms with Gasteiger partial charge in [-0.05, 0) is 36.5 Å². The predicted molar refractivity (Wildman–Crippen MR) is 110 cm³/mol. The number of imide groups is 1. The molecule has 6 heteroatoms. The summed E-state index contributed by atoms with van der Waals surface area (Å²) in [6.07, 6.45) is 5.50. The van der Waals surface area contributed by atoms with Crippen molar-refractivity contribution in [3.05, 3.63) is 65.6 Å². The number of para-hydroxylation sites is 1. The van der Waals surface area contributed by atoms with Crippen molar-refractivity contribution in [2.75, 3.05) is 20.2 Å². The maximum Gasteiger partial charge on any atom is 0.278 e.